The van der Waals surface area contributed by atoms with E-state index in [0.717, 1.165) is 31.7 Å². The molecule has 2 amide bonds. The van der Waals surface area contributed by atoms with Gasteiger partial charge in [0.15, 0.2) is 0 Å². The SMILES string of the molecule is O=C(CN1CCN(CC(=O)N2CCOCC2)CC1)NCc1cccc2ccccc12. The van der Waals surface area contributed by atoms with Gasteiger partial charge in [0.1, 0.15) is 0 Å². The van der Waals surface area contributed by atoms with Crippen LogP contribution < -0.4 is 5.32 Å². The third-order valence-electron chi connectivity index (χ3n) is 5.91. The lowest BCUT2D eigenvalue weighted by Crippen LogP contribution is -2.52. The Kier molecular flexibility index (Phi) is 6.94. The van der Waals surface area contributed by atoms with Crippen molar-refractivity contribution >= 4 is 22.6 Å². The lowest BCUT2D eigenvalue weighted by atomic mass is 10.0. The van der Waals surface area contributed by atoms with Gasteiger partial charge in [-0.15, -0.1) is 0 Å². The van der Waals surface area contributed by atoms with E-state index in [9.17, 15) is 9.59 Å². The molecule has 1 N–H and O–H groups in total. The maximum absolute atomic E-state index is 12.4. The molecule has 2 aromatic rings. The first-order valence-corrected chi connectivity index (χ1v) is 10.7. The number of ether oxygens (including phenoxy) is 1. The number of piperazine rings is 1. The molecule has 0 saturated carbocycles. The van der Waals surface area contributed by atoms with Gasteiger partial charge in [-0.1, -0.05) is 42.5 Å². The molecule has 0 radical (unpaired) electrons. The van der Waals surface area contributed by atoms with Gasteiger partial charge in [-0.25, -0.2) is 0 Å². The van der Waals surface area contributed by atoms with Crippen LogP contribution in [0.15, 0.2) is 42.5 Å². The standard InChI is InChI=1S/C23H30N4O3/c28-22(24-16-20-6-3-5-19-4-1-2-7-21(19)20)17-25-8-10-26(11-9-25)18-23(29)27-12-14-30-15-13-27/h1-7H,8-18H2,(H,24,28). The molecule has 0 aliphatic carbocycles. The highest BCUT2D eigenvalue weighted by Crippen LogP contribution is 2.18. The summed E-state index contributed by atoms with van der Waals surface area (Å²) in [5.74, 6) is 0.223. The molecule has 2 aliphatic rings. The number of carbonyl (C=O) groups excluding carboxylic acids is 2. The molecule has 0 unspecified atom stereocenters. The Labute approximate surface area is 177 Å². The second-order valence-corrected chi connectivity index (χ2v) is 7.96. The minimum Gasteiger partial charge on any atom is -0.378 e. The van der Waals surface area contributed by atoms with Crippen LogP contribution in [0.1, 0.15) is 5.56 Å². The molecule has 160 valence electrons. The highest BCUT2D eigenvalue weighted by atomic mass is 16.5. The van der Waals surface area contributed by atoms with Crippen molar-refractivity contribution in [1.82, 2.24) is 20.0 Å². The summed E-state index contributed by atoms with van der Waals surface area (Å²) in [6.45, 7) is 7.27. The summed E-state index contributed by atoms with van der Waals surface area (Å²) in [5, 5.41) is 5.42. The largest absolute Gasteiger partial charge is 0.378 e. The van der Waals surface area contributed by atoms with E-state index in [1.54, 1.807) is 0 Å². The van der Waals surface area contributed by atoms with E-state index < -0.39 is 0 Å². The first-order valence-electron chi connectivity index (χ1n) is 10.7. The monoisotopic (exact) mass is 410 g/mol. The molecule has 2 fully saturated rings. The zero-order valence-electron chi connectivity index (χ0n) is 17.4. The summed E-state index contributed by atoms with van der Waals surface area (Å²) in [6, 6.07) is 14.4. The smallest absolute Gasteiger partial charge is 0.236 e. The molecule has 30 heavy (non-hydrogen) atoms. The number of benzene rings is 2. The highest BCUT2D eigenvalue weighted by molar-refractivity contribution is 5.86. The number of morpholine rings is 1. The van der Waals surface area contributed by atoms with Gasteiger partial charge in [0, 0.05) is 45.8 Å². The van der Waals surface area contributed by atoms with E-state index in [0.29, 0.717) is 45.9 Å². The normalized spacial score (nSPS) is 18.5. The van der Waals surface area contributed by atoms with Crippen LogP contribution in [0.4, 0.5) is 0 Å². The van der Waals surface area contributed by atoms with Crippen molar-refractivity contribution in [2.75, 3.05) is 65.6 Å². The van der Waals surface area contributed by atoms with E-state index in [2.05, 4.69) is 39.4 Å². The van der Waals surface area contributed by atoms with Crippen LogP contribution in [0.5, 0.6) is 0 Å². The topological polar surface area (TPSA) is 65.1 Å². The third kappa shape index (κ3) is 5.36. The lowest BCUT2D eigenvalue weighted by molar-refractivity contribution is -0.137. The summed E-state index contributed by atoms with van der Waals surface area (Å²) >= 11 is 0. The maximum Gasteiger partial charge on any atom is 0.236 e. The molecule has 2 aromatic carbocycles. The van der Waals surface area contributed by atoms with Gasteiger partial charge in [-0.05, 0) is 16.3 Å². The molecule has 2 heterocycles. The van der Waals surface area contributed by atoms with Crippen molar-refractivity contribution in [3.8, 4) is 0 Å². The fourth-order valence-corrected chi connectivity index (χ4v) is 4.11. The fraction of sp³-hybridized carbons (Fsp3) is 0.478. The molecule has 0 aromatic heterocycles. The number of nitrogens with one attached hydrogen (secondary N) is 1. The summed E-state index contributed by atoms with van der Waals surface area (Å²) in [6.07, 6.45) is 0. The maximum atomic E-state index is 12.4. The molecule has 4 rings (SSSR count). The summed E-state index contributed by atoms with van der Waals surface area (Å²) < 4.78 is 5.31. The minimum atomic E-state index is 0.0424. The number of rotatable bonds is 6. The number of hydrogen-bond acceptors (Lipinski definition) is 5. The molecule has 2 aliphatic heterocycles. The van der Waals surface area contributed by atoms with Crippen molar-refractivity contribution in [3.63, 3.8) is 0 Å². The Bertz CT molecular complexity index is 868. The van der Waals surface area contributed by atoms with Crippen molar-refractivity contribution < 1.29 is 14.3 Å². The van der Waals surface area contributed by atoms with Gasteiger partial charge in [0.05, 0.1) is 26.3 Å². The van der Waals surface area contributed by atoms with Crippen LogP contribution >= 0.6 is 0 Å². The van der Waals surface area contributed by atoms with Crippen LogP contribution in [0.3, 0.4) is 0 Å². The molecular formula is C23H30N4O3. The Hall–Kier alpha value is -2.48. The number of carbonyl (C=O) groups is 2. The number of amides is 2. The Morgan fingerprint density at radius 2 is 1.50 bits per heavy atom. The third-order valence-corrected chi connectivity index (χ3v) is 5.91. The van der Waals surface area contributed by atoms with Crippen LogP contribution in [0.25, 0.3) is 10.8 Å². The Morgan fingerprint density at radius 3 is 2.27 bits per heavy atom. The van der Waals surface area contributed by atoms with Crippen molar-refractivity contribution in [2.45, 2.75) is 6.54 Å². The quantitative estimate of drug-likeness (QED) is 0.768. The van der Waals surface area contributed by atoms with Crippen molar-refractivity contribution in [2.24, 2.45) is 0 Å². The van der Waals surface area contributed by atoms with Gasteiger partial charge in [-0.2, -0.15) is 0 Å². The van der Waals surface area contributed by atoms with Crippen molar-refractivity contribution in [1.29, 1.82) is 0 Å². The number of hydrogen-bond donors (Lipinski definition) is 1. The highest BCUT2D eigenvalue weighted by Gasteiger charge is 2.23. The predicted molar refractivity (Wildman–Crippen MR) is 116 cm³/mol. The number of fused-ring (bicyclic) bond motifs is 1. The average Bonchev–Trinajstić information content (AvgIpc) is 2.79. The van der Waals surface area contributed by atoms with E-state index in [1.165, 1.54) is 10.8 Å². The Balaban J connectivity index is 1.19. The van der Waals surface area contributed by atoms with Crippen LogP contribution in [-0.2, 0) is 20.9 Å². The van der Waals surface area contributed by atoms with Gasteiger partial charge in [-0.3, -0.25) is 19.4 Å². The number of nitrogens with zero attached hydrogens (tertiary/aromatic N) is 3. The summed E-state index contributed by atoms with van der Waals surface area (Å²) in [4.78, 5) is 31.1. The van der Waals surface area contributed by atoms with Crippen LogP contribution in [0.2, 0.25) is 0 Å². The molecule has 0 bridgehead atoms. The zero-order chi connectivity index (χ0) is 20.8. The summed E-state index contributed by atoms with van der Waals surface area (Å²) in [7, 11) is 0. The van der Waals surface area contributed by atoms with Crippen molar-refractivity contribution in [3.05, 3.63) is 48.0 Å². The van der Waals surface area contributed by atoms with Crippen LogP contribution in [0, 0.1) is 0 Å². The predicted octanol–water partition coefficient (Wildman–Crippen LogP) is 0.932. The molecule has 7 heteroatoms. The van der Waals surface area contributed by atoms with E-state index in [1.807, 2.05) is 23.1 Å². The molecular weight excluding hydrogens is 380 g/mol. The fourth-order valence-electron chi connectivity index (χ4n) is 4.11. The molecule has 0 spiro atoms. The van der Waals surface area contributed by atoms with Gasteiger partial charge in [0.2, 0.25) is 11.8 Å². The molecule has 7 nitrogen and oxygen atoms in total. The van der Waals surface area contributed by atoms with Crippen LogP contribution in [-0.4, -0.2) is 92.1 Å². The minimum absolute atomic E-state index is 0.0424. The van der Waals surface area contributed by atoms with E-state index in [4.69, 9.17) is 4.74 Å². The zero-order valence-corrected chi connectivity index (χ0v) is 17.4. The molecule has 2 saturated heterocycles. The molecule has 0 atom stereocenters. The Morgan fingerprint density at radius 1 is 0.833 bits per heavy atom. The summed E-state index contributed by atoms with van der Waals surface area (Å²) in [5.41, 5.74) is 1.13. The lowest BCUT2D eigenvalue weighted by Gasteiger charge is -2.35. The first-order chi connectivity index (χ1) is 14.7. The average molecular weight is 411 g/mol. The van der Waals surface area contributed by atoms with Gasteiger partial charge in [0.25, 0.3) is 0 Å². The van der Waals surface area contributed by atoms with Gasteiger partial charge < -0.3 is 15.0 Å². The second-order valence-electron chi connectivity index (χ2n) is 7.96. The van der Waals surface area contributed by atoms with Gasteiger partial charge >= 0.3 is 0 Å². The van der Waals surface area contributed by atoms with E-state index in [-0.39, 0.29) is 11.8 Å². The van der Waals surface area contributed by atoms with E-state index >= 15 is 0 Å². The first kappa shape index (κ1) is 20.8. The second kappa shape index (κ2) is 10.0.